The van der Waals surface area contributed by atoms with E-state index < -0.39 is 0 Å². The molecule has 0 fully saturated rings. The van der Waals surface area contributed by atoms with Crippen LogP contribution in [0.4, 0.5) is 5.69 Å². The number of anilines is 1. The SMILES string of the molecule is Cc1nn(C)c2ccc(N)c(Br)c12. The highest BCUT2D eigenvalue weighted by Gasteiger charge is 2.09. The van der Waals surface area contributed by atoms with Crippen molar-refractivity contribution in [3.05, 3.63) is 22.3 Å². The Labute approximate surface area is 84.7 Å². The molecule has 0 atom stereocenters. The molecule has 68 valence electrons. The van der Waals surface area contributed by atoms with Gasteiger partial charge in [-0.1, -0.05) is 0 Å². The Hall–Kier alpha value is -1.03. The number of hydrogen-bond donors (Lipinski definition) is 1. The van der Waals surface area contributed by atoms with Crippen molar-refractivity contribution in [3.63, 3.8) is 0 Å². The lowest BCUT2D eigenvalue weighted by Crippen LogP contribution is -1.90. The van der Waals surface area contributed by atoms with Crippen LogP contribution in [-0.4, -0.2) is 9.78 Å². The van der Waals surface area contributed by atoms with E-state index >= 15 is 0 Å². The van der Waals surface area contributed by atoms with Crippen LogP contribution in [-0.2, 0) is 7.05 Å². The van der Waals surface area contributed by atoms with Gasteiger partial charge in [-0.25, -0.2) is 0 Å². The molecule has 3 nitrogen and oxygen atoms in total. The fourth-order valence-corrected chi connectivity index (χ4v) is 2.15. The van der Waals surface area contributed by atoms with Crippen molar-refractivity contribution in [2.24, 2.45) is 7.05 Å². The quantitative estimate of drug-likeness (QED) is 0.717. The summed E-state index contributed by atoms with van der Waals surface area (Å²) in [6, 6.07) is 3.86. The number of hydrogen-bond acceptors (Lipinski definition) is 2. The van der Waals surface area contributed by atoms with Crippen LogP contribution in [0.2, 0.25) is 0 Å². The predicted octanol–water partition coefficient (Wildman–Crippen LogP) is 2.23. The molecule has 0 bridgehead atoms. The summed E-state index contributed by atoms with van der Waals surface area (Å²) in [6.07, 6.45) is 0. The van der Waals surface area contributed by atoms with Crippen LogP contribution in [0.5, 0.6) is 0 Å². The molecule has 4 heteroatoms. The zero-order valence-corrected chi connectivity index (χ0v) is 9.09. The van der Waals surface area contributed by atoms with Crippen molar-refractivity contribution < 1.29 is 0 Å². The average Bonchev–Trinajstić information content (AvgIpc) is 2.35. The molecule has 0 aliphatic heterocycles. The van der Waals surface area contributed by atoms with Crippen molar-refractivity contribution in [2.45, 2.75) is 6.92 Å². The molecule has 0 aliphatic carbocycles. The number of nitrogen functional groups attached to an aromatic ring is 1. The third-order valence-corrected chi connectivity index (χ3v) is 3.01. The summed E-state index contributed by atoms with van der Waals surface area (Å²) in [5.41, 5.74) is 8.63. The summed E-state index contributed by atoms with van der Waals surface area (Å²) in [5, 5.41) is 5.42. The highest BCUT2D eigenvalue weighted by molar-refractivity contribution is 9.10. The van der Waals surface area contributed by atoms with E-state index in [1.54, 1.807) is 0 Å². The van der Waals surface area contributed by atoms with E-state index in [1.165, 1.54) is 0 Å². The Kier molecular flexibility index (Phi) is 1.80. The molecule has 0 spiro atoms. The summed E-state index contributed by atoms with van der Waals surface area (Å²) in [6.45, 7) is 1.98. The van der Waals surface area contributed by atoms with Gasteiger partial charge in [-0.15, -0.1) is 0 Å². The Morgan fingerprint density at radius 3 is 2.85 bits per heavy atom. The monoisotopic (exact) mass is 239 g/mol. The number of aryl methyl sites for hydroxylation is 2. The molecule has 1 aromatic heterocycles. The third-order valence-electron chi connectivity index (χ3n) is 2.16. The largest absolute Gasteiger partial charge is 0.398 e. The maximum atomic E-state index is 5.78. The third kappa shape index (κ3) is 1.13. The lowest BCUT2D eigenvalue weighted by Gasteiger charge is -2.00. The van der Waals surface area contributed by atoms with Crippen molar-refractivity contribution >= 4 is 32.5 Å². The lowest BCUT2D eigenvalue weighted by molar-refractivity contribution is 0.783. The maximum absolute atomic E-state index is 5.78. The second-order valence-corrected chi connectivity index (χ2v) is 3.86. The fourth-order valence-electron chi connectivity index (χ4n) is 1.52. The minimum atomic E-state index is 0.753. The highest BCUT2D eigenvalue weighted by Crippen LogP contribution is 2.31. The van der Waals surface area contributed by atoms with Gasteiger partial charge in [0.15, 0.2) is 0 Å². The standard InChI is InChI=1S/C9H10BrN3/c1-5-8-7(13(2)12-5)4-3-6(11)9(8)10/h3-4H,11H2,1-2H3. The number of benzene rings is 1. The normalized spacial score (nSPS) is 11.0. The van der Waals surface area contributed by atoms with Crippen molar-refractivity contribution in [3.8, 4) is 0 Å². The predicted molar refractivity (Wildman–Crippen MR) is 57.6 cm³/mol. The molecule has 0 amide bonds. The molecule has 0 aliphatic rings. The molecule has 2 rings (SSSR count). The average molecular weight is 240 g/mol. The zero-order chi connectivity index (χ0) is 9.59. The van der Waals surface area contributed by atoms with Crippen LogP contribution in [0.25, 0.3) is 10.9 Å². The number of nitrogens with two attached hydrogens (primary N) is 1. The fraction of sp³-hybridized carbons (Fsp3) is 0.222. The number of rotatable bonds is 0. The maximum Gasteiger partial charge on any atom is 0.0694 e. The second-order valence-electron chi connectivity index (χ2n) is 3.07. The summed E-state index contributed by atoms with van der Waals surface area (Å²) in [4.78, 5) is 0. The van der Waals surface area contributed by atoms with Gasteiger partial charge in [0, 0.05) is 18.1 Å². The molecule has 0 radical (unpaired) electrons. The van der Waals surface area contributed by atoms with E-state index in [0.717, 1.165) is 26.8 Å². The summed E-state index contributed by atoms with van der Waals surface area (Å²) in [5.74, 6) is 0. The van der Waals surface area contributed by atoms with E-state index in [-0.39, 0.29) is 0 Å². The Balaban J connectivity index is 2.98. The van der Waals surface area contributed by atoms with Gasteiger partial charge < -0.3 is 5.73 Å². The van der Waals surface area contributed by atoms with E-state index in [9.17, 15) is 0 Å². The first kappa shape index (κ1) is 8.56. The van der Waals surface area contributed by atoms with Gasteiger partial charge in [0.1, 0.15) is 0 Å². The number of fused-ring (bicyclic) bond motifs is 1. The van der Waals surface area contributed by atoms with Crippen LogP contribution in [0.15, 0.2) is 16.6 Å². The van der Waals surface area contributed by atoms with E-state index in [0.29, 0.717) is 0 Å². The molecule has 2 N–H and O–H groups in total. The van der Waals surface area contributed by atoms with Crippen LogP contribution < -0.4 is 5.73 Å². The van der Waals surface area contributed by atoms with Crippen LogP contribution in [0.1, 0.15) is 5.69 Å². The minimum Gasteiger partial charge on any atom is -0.398 e. The zero-order valence-electron chi connectivity index (χ0n) is 7.50. The van der Waals surface area contributed by atoms with Gasteiger partial charge in [0.2, 0.25) is 0 Å². The van der Waals surface area contributed by atoms with E-state index in [1.807, 2.05) is 30.8 Å². The second kappa shape index (κ2) is 2.73. The molecular weight excluding hydrogens is 230 g/mol. The molecule has 1 heterocycles. The molecule has 0 saturated carbocycles. The van der Waals surface area contributed by atoms with Gasteiger partial charge in [-0.05, 0) is 35.0 Å². The molecule has 1 aromatic carbocycles. The Morgan fingerprint density at radius 1 is 1.46 bits per heavy atom. The minimum absolute atomic E-state index is 0.753. The van der Waals surface area contributed by atoms with Crippen molar-refractivity contribution in [1.29, 1.82) is 0 Å². The van der Waals surface area contributed by atoms with Crippen LogP contribution in [0.3, 0.4) is 0 Å². The van der Waals surface area contributed by atoms with Gasteiger partial charge in [-0.3, -0.25) is 4.68 Å². The van der Waals surface area contributed by atoms with Gasteiger partial charge in [-0.2, -0.15) is 5.10 Å². The molecule has 2 aromatic rings. The van der Waals surface area contributed by atoms with Crippen molar-refractivity contribution in [1.82, 2.24) is 9.78 Å². The summed E-state index contributed by atoms with van der Waals surface area (Å²) >= 11 is 3.47. The number of aromatic nitrogens is 2. The number of halogens is 1. The topological polar surface area (TPSA) is 43.8 Å². The number of nitrogens with zero attached hydrogens (tertiary/aromatic N) is 2. The van der Waals surface area contributed by atoms with Gasteiger partial charge >= 0.3 is 0 Å². The molecule has 0 saturated heterocycles. The van der Waals surface area contributed by atoms with Crippen LogP contribution in [0, 0.1) is 6.92 Å². The first-order valence-electron chi connectivity index (χ1n) is 3.98. The van der Waals surface area contributed by atoms with Crippen molar-refractivity contribution in [2.75, 3.05) is 5.73 Å². The smallest absolute Gasteiger partial charge is 0.0694 e. The Bertz CT molecular complexity index is 473. The molecule has 0 unspecified atom stereocenters. The van der Waals surface area contributed by atoms with E-state index in [4.69, 9.17) is 5.73 Å². The van der Waals surface area contributed by atoms with Gasteiger partial charge in [0.05, 0.1) is 15.7 Å². The van der Waals surface area contributed by atoms with Crippen LogP contribution >= 0.6 is 15.9 Å². The molecule has 13 heavy (non-hydrogen) atoms. The summed E-state index contributed by atoms with van der Waals surface area (Å²) in [7, 11) is 1.93. The molecular formula is C9H10BrN3. The Morgan fingerprint density at radius 2 is 2.15 bits per heavy atom. The first-order chi connectivity index (χ1) is 6.11. The first-order valence-corrected chi connectivity index (χ1v) is 4.78. The van der Waals surface area contributed by atoms with Gasteiger partial charge in [0.25, 0.3) is 0 Å². The van der Waals surface area contributed by atoms with E-state index in [2.05, 4.69) is 21.0 Å². The lowest BCUT2D eigenvalue weighted by atomic mass is 10.2. The summed E-state index contributed by atoms with van der Waals surface area (Å²) < 4.78 is 2.80. The highest BCUT2D eigenvalue weighted by atomic mass is 79.9.